The maximum absolute atomic E-state index is 9.66. The largest absolute Gasteiger partial charge is 0.385 e. The van der Waals surface area contributed by atoms with Crippen molar-refractivity contribution in [3.8, 4) is 0 Å². The minimum absolute atomic E-state index is 0.248. The van der Waals surface area contributed by atoms with Crippen LogP contribution in [0.1, 0.15) is 43.3 Å². The van der Waals surface area contributed by atoms with Crippen molar-refractivity contribution in [3.63, 3.8) is 0 Å². The molecule has 4 heteroatoms. The molecule has 0 bridgehead atoms. The predicted octanol–water partition coefficient (Wildman–Crippen LogP) is 0.773. The minimum atomic E-state index is -0.600. The average molecular weight is 195 g/mol. The molecule has 2 atom stereocenters. The molecule has 2 heterocycles. The third-order valence-corrected chi connectivity index (χ3v) is 2.98. The van der Waals surface area contributed by atoms with Gasteiger partial charge in [-0.05, 0) is 26.2 Å². The fourth-order valence-corrected chi connectivity index (χ4v) is 2.13. The first-order valence-electron chi connectivity index (χ1n) is 5.17. The van der Waals surface area contributed by atoms with Crippen LogP contribution in [0.2, 0.25) is 0 Å². The van der Waals surface area contributed by atoms with Crippen molar-refractivity contribution < 1.29 is 5.11 Å². The molecule has 0 amide bonds. The molecule has 0 radical (unpaired) electrons. The van der Waals surface area contributed by atoms with Crippen LogP contribution >= 0.6 is 0 Å². The summed E-state index contributed by atoms with van der Waals surface area (Å²) in [5.74, 6) is 0. The monoisotopic (exact) mass is 195 g/mol. The summed E-state index contributed by atoms with van der Waals surface area (Å²) >= 11 is 0. The molecule has 78 valence electrons. The summed E-state index contributed by atoms with van der Waals surface area (Å²) in [6.45, 7) is 2.43. The van der Waals surface area contributed by atoms with Crippen LogP contribution in [0.15, 0.2) is 6.33 Å². The topological polar surface area (TPSA) is 64.1 Å². The van der Waals surface area contributed by atoms with Crippen LogP contribution in [0.25, 0.3) is 0 Å². The highest BCUT2D eigenvalue weighted by molar-refractivity contribution is 5.18. The Morgan fingerprint density at radius 2 is 2.57 bits per heavy atom. The first kappa shape index (κ1) is 9.68. The van der Waals surface area contributed by atoms with Crippen LogP contribution in [-0.4, -0.2) is 21.2 Å². The zero-order chi connectivity index (χ0) is 10.1. The molecule has 0 spiro atoms. The molecule has 1 aliphatic rings. The van der Waals surface area contributed by atoms with Gasteiger partial charge in [0, 0.05) is 18.3 Å². The van der Waals surface area contributed by atoms with Gasteiger partial charge < -0.3 is 15.4 Å². The van der Waals surface area contributed by atoms with Gasteiger partial charge in [-0.25, -0.2) is 4.98 Å². The molecular formula is C10H17N3O. The van der Waals surface area contributed by atoms with Crippen LogP contribution in [0.4, 0.5) is 0 Å². The van der Waals surface area contributed by atoms with E-state index in [1.165, 1.54) is 18.5 Å². The van der Waals surface area contributed by atoms with E-state index in [1.54, 1.807) is 0 Å². The highest BCUT2D eigenvalue weighted by atomic mass is 16.3. The van der Waals surface area contributed by atoms with E-state index in [9.17, 15) is 5.11 Å². The van der Waals surface area contributed by atoms with Crippen molar-refractivity contribution in [3.05, 3.63) is 17.7 Å². The number of aliphatic hydroxyl groups is 1. The van der Waals surface area contributed by atoms with Crippen LogP contribution < -0.4 is 5.73 Å². The lowest BCUT2D eigenvalue weighted by Crippen LogP contribution is -2.18. The Bertz CT molecular complexity index is 321. The van der Waals surface area contributed by atoms with Crippen molar-refractivity contribution in [2.75, 3.05) is 6.54 Å². The highest BCUT2D eigenvalue weighted by Gasteiger charge is 2.22. The molecule has 0 aromatic carbocycles. The zero-order valence-electron chi connectivity index (χ0n) is 8.48. The van der Waals surface area contributed by atoms with Gasteiger partial charge in [-0.1, -0.05) is 0 Å². The maximum Gasteiger partial charge on any atom is 0.110 e. The maximum atomic E-state index is 9.66. The Morgan fingerprint density at radius 1 is 1.79 bits per heavy atom. The quantitative estimate of drug-likeness (QED) is 0.732. The van der Waals surface area contributed by atoms with Crippen LogP contribution in [0.3, 0.4) is 0 Å². The molecular weight excluding hydrogens is 178 g/mol. The van der Waals surface area contributed by atoms with Gasteiger partial charge in [-0.15, -0.1) is 0 Å². The standard InChI is InChI=1S/C10H17N3O/c1-7-3-2-4-8-10(9(14)5-11)12-6-13(7)8/h6-7,9,14H,2-5,11H2,1H3. The van der Waals surface area contributed by atoms with Gasteiger partial charge in [0.2, 0.25) is 0 Å². The molecule has 0 saturated heterocycles. The molecule has 3 N–H and O–H groups in total. The van der Waals surface area contributed by atoms with E-state index in [1.807, 2.05) is 6.33 Å². The summed E-state index contributed by atoms with van der Waals surface area (Å²) in [6, 6.07) is 0.505. The van der Waals surface area contributed by atoms with Gasteiger partial charge in [-0.2, -0.15) is 0 Å². The molecule has 0 fully saturated rings. The van der Waals surface area contributed by atoms with Crippen LogP contribution in [0.5, 0.6) is 0 Å². The highest BCUT2D eigenvalue weighted by Crippen LogP contribution is 2.28. The Balaban J connectivity index is 2.35. The Labute approximate surface area is 83.8 Å². The number of nitrogens with zero attached hydrogens (tertiary/aromatic N) is 2. The van der Waals surface area contributed by atoms with E-state index in [4.69, 9.17) is 5.73 Å². The van der Waals surface area contributed by atoms with Gasteiger partial charge >= 0.3 is 0 Å². The van der Waals surface area contributed by atoms with Crippen LogP contribution in [-0.2, 0) is 6.42 Å². The zero-order valence-corrected chi connectivity index (χ0v) is 8.48. The van der Waals surface area contributed by atoms with Gasteiger partial charge in [0.15, 0.2) is 0 Å². The number of aliphatic hydroxyl groups excluding tert-OH is 1. The van der Waals surface area contributed by atoms with Crippen molar-refractivity contribution >= 4 is 0 Å². The SMILES string of the molecule is CC1CCCc2c(C(O)CN)ncn21. The third-order valence-electron chi connectivity index (χ3n) is 2.98. The number of imidazole rings is 1. The number of hydrogen-bond donors (Lipinski definition) is 2. The fourth-order valence-electron chi connectivity index (χ4n) is 2.13. The summed E-state index contributed by atoms with van der Waals surface area (Å²) < 4.78 is 2.16. The normalized spacial score (nSPS) is 23.2. The second-order valence-corrected chi connectivity index (χ2v) is 3.98. The molecule has 2 rings (SSSR count). The van der Waals surface area contributed by atoms with E-state index >= 15 is 0 Å². The minimum Gasteiger partial charge on any atom is -0.385 e. The van der Waals surface area contributed by atoms with Gasteiger partial charge in [0.1, 0.15) is 6.10 Å². The summed E-state index contributed by atoms with van der Waals surface area (Å²) in [5, 5.41) is 9.66. The first-order chi connectivity index (χ1) is 6.74. The Kier molecular flexibility index (Phi) is 2.56. The first-order valence-corrected chi connectivity index (χ1v) is 5.17. The lowest BCUT2D eigenvalue weighted by Gasteiger charge is -2.23. The fraction of sp³-hybridized carbons (Fsp3) is 0.700. The van der Waals surface area contributed by atoms with Gasteiger partial charge in [0.25, 0.3) is 0 Å². The van der Waals surface area contributed by atoms with E-state index in [0.717, 1.165) is 12.1 Å². The summed E-state index contributed by atoms with van der Waals surface area (Å²) in [4.78, 5) is 4.25. The van der Waals surface area contributed by atoms with Crippen molar-refractivity contribution in [1.82, 2.24) is 9.55 Å². The molecule has 1 aromatic rings. The summed E-state index contributed by atoms with van der Waals surface area (Å²) in [7, 11) is 0. The van der Waals surface area contributed by atoms with Crippen molar-refractivity contribution in [1.29, 1.82) is 0 Å². The van der Waals surface area contributed by atoms with Crippen LogP contribution in [0, 0.1) is 0 Å². The van der Waals surface area contributed by atoms with Gasteiger partial charge in [0.05, 0.1) is 12.0 Å². The van der Waals surface area contributed by atoms with E-state index in [0.29, 0.717) is 6.04 Å². The number of hydrogen-bond acceptors (Lipinski definition) is 3. The number of fused-ring (bicyclic) bond motifs is 1. The summed E-state index contributed by atoms with van der Waals surface area (Å²) in [5.41, 5.74) is 7.38. The molecule has 0 aliphatic carbocycles. The molecule has 4 nitrogen and oxygen atoms in total. The van der Waals surface area contributed by atoms with Crippen molar-refractivity contribution in [2.45, 2.75) is 38.3 Å². The Morgan fingerprint density at radius 3 is 3.29 bits per heavy atom. The number of nitrogens with two attached hydrogens (primary N) is 1. The smallest absolute Gasteiger partial charge is 0.110 e. The second-order valence-electron chi connectivity index (χ2n) is 3.98. The molecule has 2 unspecified atom stereocenters. The van der Waals surface area contributed by atoms with Crippen molar-refractivity contribution in [2.24, 2.45) is 5.73 Å². The lowest BCUT2D eigenvalue weighted by atomic mass is 10.0. The van der Waals surface area contributed by atoms with Gasteiger partial charge in [-0.3, -0.25) is 0 Å². The molecule has 1 aromatic heterocycles. The van der Waals surface area contributed by atoms with E-state index < -0.39 is 6.10 Å². The average Bonchev–Trinajstić information content (AvgIpc) is 2.62. The Hall–Kier alpha value is -0.870. The summed E-state index contributed by atoms with van der Waals surface area (Å²) in [6.07, 6.45) is 4.61. The third kappa shape index (κ3) is 1.44. The molecule has 0 saturated carbocycles. The van der Waals surface area contributed by atoms with E-state index in [2.05, 4.69) is 16.5 Å². The lowest BCUT2D eigenvalue weighted by molar-refractivity contribution is 0.180. The molecule has 1 aliphatic heterocycles. The number of aromatic nitrogens is 2. The second kappa shape index (κ2) is 3.71. The van der Waals surface area contributed by atoms with E-state index in [-0.39, 0.29) is 6.54 Å². The molecule has 14 heavy (non-hydrogen) atoms. The number of rotatable bonds is 2. The predicted molar refractivity (Wildman–Crippen MR) is 53.9 cm³/mol.